The van der Waals surface area contributed by atoms with Crippen molar-refractivity contribution in [3.8, 4) is 5.75 Å². The van der Waals surface area contributed by atoms with Gasteiger partial charge in [0.25, 0.3) is 5.92 Å². The second kappa shape index (κ2) is 4.40. The van der Waals surface area contributed by atoms with Crippen LogP contribution in [0.5, 0.6) is 5.75 Å². The first-order chi connectivity index (χ1) is 7.30. The van der Waals surface area contributed by atoms with E-state index in [1.54, 1.807) is 6.07 Å². The van der Waals surface area contributed by atoms with Gasteiger partial charge in [-0.3, -0.25) is 0 Å². The Labute approximate surface area is 95.4 Å². The highest BCUT2D eigenvalue weighted by molar-refractivity contribution is 5.44. The topological polar surface area (TPSA) is 9.23 Å². The third kappa shape index (κ3) is 2.18. The van der Waals surface area contributed by atoms with Crippen molar-refractivity contribution < 1.29 is 13.5 Å². The van der Waals surface area contributed by atoms with Crippen LogP contribution in [0.4, 0.5) is 8.78 Å². The van der Waals surface area contributed by atoms with Crippen LogP contribution in [0.25, 0.3) is 0 Å². The van der Waals surface area contributed by atoms with Gasteiger partial charge >= 0.3 is 0 Å². The molecule has 1 aromatic carbocycles. The first kappa shape index (κ1) is 12.9. The molecule has 0 aliphatic heterocycles. The quantitative estimate of drug-likeness (QED) is 0.758. The molecule has 0 aliphatic rings. The number of hydrogen-bond donors (Lipinski definition) is 0. The minimum Gasteiger partial charge on any atom is -0.496 e. The van der Waals surface area contributed by atoms with Gasteiger partial charge < -0.3 is 4.74 Å². The van der Waals surface area contributed by atoms with Gasteiger partial charge in [-0.1, -0.05) is 13.8 Å². The van der Waals surface area contributed by atoms with Crippen molar-refractivity contribution in [3.63, 3.8) is 0 Å². The van der Waals surface area contributed by atoms with Crippen LogP contribution in [-0.4, -0.2) is 7.11 Å². The van der Waals surface area contributed by atoms with Gasteiger partial charge in [0.15, 0.2) is 0 Å². The van der Waals surface area contributed by atoms with Gasteiger partial charge in [0.2, 0.25) is 0 Å². The molecule has 1 rings (SSSR count). The Bertz CT molecular complexity index is 384. The van der Waals surface area contributed by atoms with Crippen LogP contribution < -0.4 is 4.74 Å². The zero-order chi connectivity index (χ0) is 12.5. The summed E-state index contributed by atoms with van der Waals surface area (Å²) in [6.07, 6.45) is 0. The number of halogens is 2. The molecule has 0 amide bonds. The number of benzene rings is 1. The van der Waals surface area contributed by atoms with E-state index in [4.69, 9.17) is 4.74 Å². The Morgan fingerprint density at radius 3 is 2.06 bits per heavy atom. The first-order valence-electron chi connectivity index (χ1n) is 5.34. The van der Waals surface area contributed by atoms with Crippen LogP contribution in [0.1, 0.15) is 30.5 Å². The summed E-state index contributed by atoms with van der Waals surface area (Å²) < 4.78 is 33.0. The van der Waals surface area contributed by atoms with Crippen molar-refractivity contribution in [2.75, 3.05) is 7.11 Å². The molecular weight excluding hydrogens is 210 g/mol. The summed E-state index contributed by atoms with van der Waals surface area (Å²) in [5, 5.41) is 0. The van der Waals surface area contributed by atoms with Crippen LogP contribution >= 0.6 is 0 Å². The van der Waals surface area contributed by atoms with E-state index in [2.05, 4.69) is 0 Å². The van der Waals surface area contributed by atoms with E-state index in [9.17, 15) is 8.78 Å². The van der Waals surface area contributed by atoms with Crippen molar-refractivity contribution in [1.82, 2.24) is 0 Å². The minimum atomic E-state index is -2.86. The largest absolute Gasteiger partial charge is 0.496 e. The van der Waals surface area contributed by atoms with Crippen LogP contribution in [0, 0.1) is 19.8 Å². The molecular formula is C13H18F2O. The van der Waals surface area contributed by atoms with Gasteiger partial charge in [-0.15, -0.1) is 0 Å². The lowest BCUT2D eigenvalue weighted by Crippen LogP contribution is -2.22. The smallest absolute Gasteiger partial charge is 0.279 e. The molecule has 0 aromatic heterocycles. The van der Waals surface area contributed by atoms with Gasteiger partial charge in [-0.05, 0) is 37.1 Å². The second-order valence-corrected chi connectivity index (χ2v) is 4.41. The number of alkyl halides is 2. The molecule has 0 spiro atoms. The Hall–Kier alpha value is -1.12. The summed E-state index contributed by atoms with van der Waals surface area (Å²) in [5.74, 6) is -3.34. The highest BCUT2D eigenvalue weighted by Gasteiger charge is 2.38. The maximum absolute atomic E-state index is 14.0. The molecule has 16 heavy (non-hydrogen) atoms. The molecule has 0 atom stereocenters. The van der Waals surface area contributed by atoms with Crippen molar-refractivity contribution in [1.29, 1.82) is 0 Å². The molecule has 0 radical (unpaired) electrons. The van der Waals surface area contributed by atoms with Crippen LogP contribution in [0.2, 0.25) is 0 Å². The molecule has 0 bridgehead atoms. The molecule has 0 fully saturated rings. The molecule has 0 aliphatic carbocycles. The average Bonchev–Trinajstić information content (AvgIpc) is 2.20. The van der Waals surface area contributed by atoms with E-state index in [0.717, 1.165) is 11.1 Å². The zero-order valence-corrected chi connectivity index (χ0v) is 10.4. The fourth-order valence-electron chi connectivity index (χ4n) is 1.53. The van der Waals surface area contributed by atoms with Crippen molar-refractivity contribution >= 4 is 0 Å². The van der Waals surface area contributed by atoms with Gasteiger partial charge in [-0.2, -0.15) is 0 Å². The lowest BCUT2D eigenvalue weighted by Gasteiger charge is -2.23. The van der Waals surface area contributed by atoms with Gasteiger partial charge in [-0.25, -0.2) is 8.78 Å². The number of ether oxygens (including phenoxy) is 1. The van der Waals surface area contributed by atoms with E-state index in [1.807, 2.05) is 13.8 Å². The maximum atomic E-state index is 14.0. The molecule has 90 valence electrons. The molecule has 0 N–H and O–H groups in total. The summed E-state index contributed by atoms with van der Waals surface area (Å²) in [5.41, 5.74) is 1.80. The third-order valence-electron chi connectivity index (χ3n) is 2.90. The van der Waals surface area contributed by atoms with Gasteiger partial charge in [0, 0.05) is 5.92 Å². The van der Waals surface area contributed by atoms with E-state index >= 15 is 0 Å². The summed E-state index contributed by atoms with van der Waals surface area (Å²) in [6.45, 7) is 6.73. The molecule has 1 nitrogen and oxygen atoms in total. The standard InChI is InChI=1S/C13H18F2O/c1-8(2)13(14,15)11-6-9(3)10(4)7-12(11)16-5/h6-8H,1-5H3. The molecule has 0 unspecified atom stereocenters. The SMILES string of the molecule is COc1cc(C)c(C)cc1C(F)(F)C(C)C. The fraction of sp³-hybridized carbons (Fsp3) is 0.538. The maximum Gasteiger partial charge on any atom is 0.279 e. The fourth-order valence-corrected chi connectivity index (χ4v) is 1.53. The number of rotatable bonds is 3. The summed E-state index contributed by atoms with van der Waals surface area (Å²) in [6, 6.07) is 3.19. The molecule has 1 aromatic rings. The Morgan fingerprint density at radius 2 is 1.62 bits per heavy atom. The van der Waals surface area contributed by atoms with Crippen LogP contribution in [-0.2, 0) is 5.92 Å². The minimum absolute atomic E-state index is 0.0203. The highest BCUT2D eigenvalue weighted by Crippen LogP contribution is 2.41. The number of aryl methyl sites for hydroxylation is 2. The molecule has 0 saturated heterocycles. The summed E-state index contributed by atoms with van der Waals surface area (Å²) in [4.78, 5) is 0. The van der Waals surface area contributed by atoms with Crippen LogP contribution in [0.3, 0.4) is 0 Å². The van der Waals surface area contributed by atoms with Gasteiger partial charge in [0.1, 0.15) is 5.75 Å². The van der Waals surface area contributed by atoms with Crippen molar-refractivity contribution in [2.24, 2.45) is 5.92 Å². The average molecular weight is 228 g/mol. The normalized spacial score (nSPS) is 12.0. The van der Waals surface area contributed by atoms with Gasteiger partial charge in [0.05, 0.1) is 12.7 Å². The van der Waals surface area contributed by atoms with Crippen molar-refractivity contribution in [2.45, 2.75) is 33.6 Å². The number of hydrogen-bond acceptors (Lipinski definition) is 1. The Morgan fingerprint density at radius 1 is 1.12 bits per heavy atom. The van der Waals surface area contributed by atoms with Crippen LogP contribution in [0.15, 0.2) is 12.1 Å². The monoisotopic (exact) mass is 228 g/mol. The summed E-state index contributed by atoms with van der Waals surface area (Å²) in [7, 11) is 1.42. The predicted octanol–water partition coefficient (Wildman–Crippen LogP) is 4.06. The second-order valence-electron chi connectivity index (χ2n) is 4.41. The molecule has 0 heterocycles. The lowest BCUT2D eigenvalue weighted by molar-refractivity contribution is -0.0531. The van der Waals surface area contributed by atoms with E-state index < -0.39 is 11.8 Å². The molecule has 3 heteroatoms. The van der Waals surface area contributed by atoms with E-state index in [-0.39, 0.29) is 11.3 Å². The molecule has 0 saturated carbocycles. The number of methoxy groups -OCH3 is 1. The van der Waals surface area contributed by atoms with E-state index in [1.165, 1.54) is 27.0 Å². The van der Waals surface area contributed by atoms with E-state index in [0.29, 0.717) is 0 Å². The lowest BCUT2D eigenvalue weighted by atomic mass is 9.94. The van der Waals surface area contributed by atoms with Crippen molar-refractivity contribution in [3.05, 3.63) is 28.8 Å². The summed E-state index contributed by atoms with van der Waals surface area (Å²) >= 11 is 0. The Balaban J connectivity index is 3.37. The highest BCUT2D eigenvalue weighted by atomic mass is 19.3. The third-order valence-corrected chi connectivity index (χ3v) is 2.90. The first-order valence-corrected chi connectivity index (χ1v) is 5.34. The predicted molar refractivity (Wildman–Crippen MR) is 61.2 cm³/mol. The zero-order valence-electron chi connectivity index (χ0n) is 10.4. The Kier molecular flexibility index (Phi) is 3.56.